The lowest BCUT2D eigenvalue weighted by Crippen LogP contribution is -2.60. The molecule has 4 rings (SSSR count). The summed E-state index contributed by atoms with van der Waals surface area (Å²) in [6.45, 7) is 1.78. The Kier molecular flexibility index (Phi) is 8.70. The van der Waals surface area contributed by atoms with Crippen molar-refractivity contribution in [3.63, 3.8) is 0 Å². The van der Waals surface area contributed by atoms with Crippen molar-refractivity contribution in [2.75, 3.05) is 26.6 Å². The number of carbonyl (C=O) groups excluding carboxylic acids is 1. The van der Waals surface area contributed by atoms with Crippen LogP contribution in [0.25, 0.3) is 17.1 Å². The number of hydrogen-bond donors (Lipinski definition) is 1. The summed E-state index contributed by atoms with van der Waals surface area (Å²) in [4.78, 5) is 16.9. The second-order valence-corrected chi connectivity index (χ2v) is 8.47. The minimum Gasteiger partial charge on any atom is -0.440 e. The zero-order chi connectivity index (χ0) is 28.2. The number of benzene rings is 2. The average Bonchev–Trinajstić information content (AvgIpc) is 3.39. The standard InChI is InChI=1S/C25H27F3N4O7/c1-14-19(34-2)20(21(35-3)23(36-4)37-14)38-24(33)30-16-7-5-15(6-8-16)22-29-13-32(31-22)17-9-11-18(12-10-17)39-25(26,27)28/h5-14,19-21,23H,1-4H3,(H,30,33)/t14-,19-,20+,21+,23+/m0/s1. The summed E-state index contributed by atoms with van der Waals surface area (Å²) in [5.74, 6) is 0.0287. The van der Waals surface area contributed by atoms with Gasteiger partial charge in [0.1, 0.15) is 24.3 Å². The Hall–Kier alpha value is -3.72. The molecule has 0 spiro atoms. The highest BCUT2D eigenvalue weighted by molar-refractivity contribution is 5.85. The number of nitrogens with zero attached hydrogens (tertiary/aromatic N) is 3. The molecule has 2 aromatic carbocycles. The number of rotatable bonds is 8. The fraction of sp³-hybridized carbons (Fsp3) is 0.400. The molecule has 1 N–H and O–H groups in total. The Morgan fingerprint density at radius 1 is 0.949 bits per heavy atom. The molecule has 210 valence electrons. The third kappa shape index (κ3) is 6.84. The SMILES string of the molecule is CO[C@@H]1O[C@@H](C)[C@H](OC)[C@@H](OC(=O)Nc2ccc(-c3ncn(-c4ccc(OC(F)(F)F)cc4)n3)cc2)[C@H]1OC. The first-order valence-corrected chi connectivity index (χ1v) is 11.7. The molecule has 1 saturated heterocycles. The first-order valence-electron chi connectivity index (χ1n) is 11.7. The smallest absolute Gasteiger partial charge is 0.440 e. The Labute approximate surface area is 221 Å². The Morgan fingerprint density at radius 2 is 1.62 bits per heavy atom. The second kappa shape index (κ2) is 12.0. The van der Waals surface area contributed by atoms with Crippen LogP contribution in [-0.2, 0) is 23.7 Å². The largest absolute Gasteiger partial charge is 0.573 e. The van der Waals surface area contributed by atoms with Crippen molar-refractivity contribution in [1.82, 2.24) is 14.8 Å². The molecular weight excluding hydrogens is 525 g/mol. The van der Waals surface area contributed by atoms with Crippen LogP contribution in [0.1, 0.15) is 6.92 Å². The van der Waals surface area contributed by atoms with Crippen molar-refractivity contribution in [3.05, 3.63) is 54.9 Å². The van der Waals surface area contributed by atoms with E-state index in [-0.39, 0.29) is 5.75 Å². The lowest BCUT2D eigenvalue weighted by Gasteiger charge is -2.43. The Bertz CT molecular complexity index is 1240. The maximum absolute atomic E-state index is 12.7. The summed E-state index contributed by atoms with van der Waals surface area (Å²) in [6, 6.07) is 11.9. The van der Waals surface area contributed by atoms with Crippen LogP contribution in [0.2, 0.25) is 0 Å². The van der Waals surface area contributed by atoms with Crippen LogP contribution in [0.4, 0.5) is 23.7 Å². The van der Waals surface area contributed by atoms with E-state index in [1.165, 1.54) is 56.6 Å². The van der Waals surface area contributed by atoms with Gasteiger partial charge in [-0.2, -0.15) is 0 Å². The van der Waals surface area contributed by atoms with Crippen LogP contribution < -0.4 is 10.1 Å². The van der Waals surface area contributed by atoms with Crippen LogP contribution >= 0.6 is 0 Å². The lowest BCUT2D eigenvalue weighted by molar-refractivity contribution is -0.293. The van der Waals surface area contributed by atoms with Gasteiger partial charge in [-0.25, -0.2) is 14.5 Å². The van der Waals surface area contributed by atoms with Crippen molar-refractivity contribution in [2.24, 2.45) is 0 Å². The zero-order valence-electron chi connectivity index (χ0n) is 21.4. The molecule has 0 bridgehead atoms. The van der Waals surface area contributed by atoms with Gasteiger partial charge < -0.3 is 28.4 Å². The van der Waals surface area contributed by atoms with E-state index >= 15 is 0 Å². The highest BCUT2D eigenvalue weighted by atomic mass is 19.4. The monoisotopic (exact) mass is 552 g/mol. The topological polar surface area (TPSA) is 115 Å². The molecule has 5 atom stereocenters. The number of hydrogen-bond acceptors (Lipinski definition) is 9. The third-order valence-corrected chi connectivity index (χ3v) is 5.96. The van der Waals surface area contributed by atoms with Gasteiger partial charge in [0.2, 0.25) is 0 Å². The van der Waals surface area contributed by atoms with Crippen molar-refractivity contribution in [1.29, 1.82) is 0 Å². The maximum Gasteiger partial charge on any atom is 0.573 e. The molecule has 39 heavy (non-hydrogen) atoms. The van der Waals surface area contributed by atoms with Crippen molar-refractivity contribution in [3.8, 4) is 22.8 Å². The summed E-state index contributed by atoms with van der Waals surface area (Å²) < 4.78 is 70.0. The van der Waals surface area contributed by atoms with Gasteiger partial charge in [-0.3, -0.25) is 5.32 Å². The molecule has 1 fully saturated rings. The van der Waals surface area contributed by atoms with Crippen molar-refractivity contribution >= 4 is 11.8 Å². The van der Waals surface area contributed by atoms with Crippen LogP contribution in [0.15, 0.2) is 54.9 Å². The fourth-order valence-corrected chi connectivity index (χ4v) is 4.16. The normalized spacial score (nSPS) is 23.3. The van der Waals surface area contributed by atoms with Gasteiger partial charge in [0.05, 0.1) is 11.8 Å². The summed E-state index contributed by atoms with van der Waals surface area (Å²) in [7, 11) is 4.42. The Balaban J connectivity index is 1.40. The first-order chi connectivity index (χ1) is 18.6. The van der Waals surface area contributed by atoms with E-state index < -0.39 is 43.2 Å². The minimum atomic E-state index is -4.77. The van der Waals surface area contributed by atoms with Gasteiger partial charge in [-0.15, -0.1) is 18.3 Å². The van der Waals surface area contributed by atoms with Crippen molar-refractivity contribution in [2.45, 2.75) is 44.0 Å². The highest BCUT2D eigenvalue weighted by Gasteiger charge is 2.47. The highest BCUT2D eigenvalue weighted by Crippen LogP contribution is 2.28. The van der Waals surface area contributed by atoms with E-state index in [1.54, 1.807) is 31.2 Å². The Morgan fingerprint density at radius 3 is 2.21 bits per heavy atom. The molecule has 1 amide bonds. The van der Waals surface area contributed by atoms with E-state index in [0.29, 0.717) is 22.8 Å². The predicted molar refractivity (Wildman–Crippen MR) is 130 cm³/mol. The fourth-order valence-electron chi connectivity index (χ4n) is 4.16. The van der Waals surface area contributed by atoms with E-state index in [0.717, 1.165) is 0 Å². The molecule has 1 aromatic heterocycles. The predicted octanol–water partition coefficient (Wildman–Crippen LogP) is 4.17. The zero-order valence-corrected chi connectivity index (χ0v) is 21.4. The number of amides is 1. The molecule has 0 aliphatic carbocycles. The van der Waals surface area contributed by atoms with Crippen LogP contribution in [0.5, 0.6) is 5.75 Å². The molecule has 2 heterocycles. The molecule has 1 aliphatic heterocycles. The molecular formula is C25H27F3N4O7. The summed E-state index contributed by atoms with van der Waals surface area (Å²) in [5.41, 5.74) is 1.59. The van der Waals surface area contributed by atoms with E-state index in [9.17, 15) is 18.0 Å². The van der Waals surface area contributed by atoms with Crippen LogP contribution in [-0.4, -0.2) is 79.3 Å². The second-order valence-electron chi connectivity index (χ2n) is 8.47. The van der Waals surface area contributed by atoms with Gasteiger partial charge in [0.15, 0.2) is 18.2 Å². The molecule has 0 unspecified atom stereocenters. The number of alkyl halides is 3. The lowest BCUT2D eigenvalue weighted by atomic mass is 9.99. The molecule has 1 aliphatic rings. The number of aromatic nitrogens is 3. The number of halogens is 3. The van der Waals surface area contributed by atoms with Gasteiger partial charge in [-0.1, -0.05) is 0 Å². The van der Waals surface area contributed by atoms with Gasteiger partial charge >= 0.3 is 12.5 Å². The minimum absolute atomic E-state index is 0.339. The molecule has 3 aromatic rings. The summed E-state index contributed by atoms with van der Waals surface area (Å²) in [5, 5.41) is 7.03. The molecule has 0 saturated carbocycles. The first kappa shape index (κ1) is 28.3. The van der Waals surface area contributed by atoms with E-state index in [1.807, 2.05) is 0 Å². The number of methoxy groups -OCH3 is 3. The van der Waals surface area contributed by atoms with Crippen LogP contribution in [0.3, 0.4) is 0 Å². The van der Waals surface area contributed by atoms with Gasteiger partial charge in [0, 0.05) is 32.6 Å². The number of nitrogens with one attached hydrogen (secondary N) is 1. The average molecular weight is 553 g/mol. The number of anilines is 1. The van der Waals surface area contributed by atoms with Gasteiger partial charge in [-0.05, 0) is 55.5 Å². The number of ether oxygens (including phenoxy) is 6. The third-order valence-electron chi connectivity index (χ3n) is 5.96. The molecule has 11 nitrogen and oxygen atoms in total. The van der Waals surface area contributed by atoms with Crippen molar-refractivity contribution < 1.29 is 46.4 Å². The van der Waals surface area contributed by atoms with E-state index in [2.05, 4.69) is 20.1 Å². The maximum atomic E-state index is 12.7. The number of carbonyl (C=O) groups is 1. The molecule has 0 radical (unpaired) electrons. The van der Waals surface area contributed by atoms with Crippen LogP contribution in [0, 0.1) is 0 Å². The molecule has 14 heteroatoms. The quantitative estimate of drug-likeness (QED) is 0.440. The van der Waals surface area contributed by atoms with Gasteiger partial charge in [0.25, 0.3) is 0 Å². The summed E-state index contributed by atoms with van der Waals surface area (Å²) >= 11 is 0. The summed E-state index contributed by atoms with van der Waals surface area (Å²) in [6.07, 6.45) is -7.30. The van der Waals surface area contributed by atoms with E-state index in [4.69, 9.17) is 23.7 Å².